The second-order valence-electron chi connectivity index (χ2n) is 8.80. The number of hydrogen-bond acceptors (Lipinski definition) is 3. The molecule has 1 saturated carbocycles. The van der Waals surface area contributed by atoms with Crippen molar-refractivity contribution in [1.82, 2.24) is 4.90 Å². The van der Waals surface area contributed by atoms with Gasteiger partial charge in [0.15, 0.2) is 0 Å². The fourth-order valence-corrected chi connectivity index (χ4v) is 4.10. The molecular weight excluding hydrogens is 360 g/mol. The van der Waals surface area contributed by atoms with Gasteiger partial charge in [-0.1, -0.05) is 48.5 Å². The van der Waals surface area contributed by atoms with E-state index in [1.807, 2.05) is 74.2 Å². The topological polar surface area (TPSA) is 53.3 Å². The quantitative estimate of drug-likeness (QED) is 0.641. The van der Waals surface area contributed by atoms with Crippen molar-refractivity contribution in [2.24, 2.45) is 0 Å². The maximum absolute atomic E-state index is 13.0. The Morgan fingerprint density at radius 3 is 2.28 bits per heavy atom. The number of nitrogens with zero attached hydrogens (tertiary/aromatic N) is 2. The Bertz CT molecular complexity index is 856. The van der Waals surface area contributed by atoms with Gasteiger partial charge >= 0.3 is 6.09 Å². The summed E-state index contributed by atoms with van der Waals surface area (Å²) >= 11 is 0. The van der Waals surface area contributed by atoms with Gasteiger partial charge in [0.1, 0.15) is 5.60 Å². The molecule has 0 bridgehead atoms. The van der Waals surface area contributed by atoms with Crippen molar-refractivity contribution >= 4 is 6.09 Å². The fourth-order valence-electron chi connectivity index (χ4n) is 4.10. The summed E-state index contributed by atoms with van der Waals surface area (Å²) in [7, 11) is 0. The third kappa shape index (κ3) is 5.60. The Morgan fingerprint density at radius 2 is 1.66 bits per heavy atom. The predicted molar refractivity (Wildman–Crippen MR) is 114 cm³/mol. The molecule has 0 aliphatic heterocycles. The zero-order valence-corrected chi connectivity index (χ0v) is 17.6. The Balaban J connectivity index is 1.73. The summed E-state index contributed by atoms with van der Waals surface area (Å²) in [4.78, 5) is 14.9. The summed E-state index contributed by atoms with van der Waals surface area (Å²) in [5, 5.41) is 9.41. The van der Waals surface area contributed by atoms with E-state index in [0.29, 0.717) is 12.5 Å². The summed E-state index contributed by atoms with van der Waals surface area (Å²) < 4.78 is 5.72. The average Bonchev–Trinajstić information content (AvgIpc) is 2.71. The molecule has 0 unspecified atom stereocenters. The first-order chi connectivity index (χ1) is 13.9. The zero-order chi connectivity index (χ0) is 20.9. The van der Waals surface area contributed by atoms with Crippen LogP contribution in [-0.4, -0.2) is 22.6 Å². The lowest BCUT2D eigenvalue weighted by atomic mass is 9.80. The SMILES string of the molecule is CC(C)(C)OC(=O)N(Cc1ccccc1)C1CCC(c2ccccc2C#N)CC1. The smallest absolute Gasteiger partial charge is 0.410 e. The van der Waals surface area contributed by atoms with Crippen LogP contribution in [0.1, 0.15) is 69.1 Å². The van der Waals surface area contributed by atoms with Crippen LogP contribution in [0.5, 0.6) is 0 Å². The van der Waals surface area contributed by atoms with Gasteiger partial charge in [-0.05, 0) is 69.6 Å². The van der Waals surface area contributed by atoms with Gasteiger partial charge in [-0.3, -0.25) is 0 Å². The highest BCUT2D eigenvalue weighted by molar-refractivity contribution is 5.68. The molecule has 152 valence electrons. The van der Waals surface area contributed by atoms with Crippen molar-refractivity contribution in [2.75, 3.05) is 0 Å². The van der Waals surface area contributed by atoms with Crippen LogP contribution < -0.4 is 0 Å². The highest BCUT2D eigenvalue weighted by atomic mass is 16.6. The molecule has 4 heteroatoms. The minimum absolute atomic E-state index is 0.149. The van der Waals surface area contributed by atoms with Crippen LogP contribution in [0.15, 0.2) is 54.6 Å². The van der Waals surface area contributed by atoms with Crippen LogP contribution in [-0.2, 0) is 11.3 Å². The maximum atomic E-state index is 13.0. The lowest BCUT2D eigenvalue weighted by Crippen LogP contribution is -2.44. The molecule has 1 aliphatic carbocycles. The normalized spacial score (nSPS) is 19.2. The number of ether oxygens (including phenoxy) is 1. The molecule has 0 aromatic heterocycles. The van der Waals surface area contributed by atoms with E-state index in [2.05, 4.69) is 12.1 Å². The second-order valence-corrected chi connectivity index (χ2v) is 8.80. The van der Waals surface area contributed by atoms with Gasteiger partial charge in [-0.25, -0.2) is 4.79 Å². The molecule has 0 saturated heterocycles. The van der Waals surface area contributed by atoms with Crippen molar-refractivity contribution in [3.8, 4) is 6.07 Å². The van der Waals surface area contributed by atoms with Crippen LogP contribution in [0, 0.1) is 11.3 Å². The van der Waals surface area contributed by atoms with Crippen LogP contribution in [0.4, 0.5) is 4.79 Å². The molecule has 0 N–H and O–H groups in total. The largest absolute Gasteiger partial charge is 0.444 e. The van der Waals surface area contributed by atoms with Gasteiger partial charge in [-0.2, -0.15) is 5.26 Å². The first-order valence-corrected chi connectivity index (χ1v) is 10.4. The number of amides is 1. The molecule has 1 amide bonds. The molecule has 0 atom stereocenters. The Hall–Kier alpha value is -2.80. The summed E-state index contributed by atoms with van der Waals surface area (Å²) in [5.41, 5.74) is 2.49. The first-order valence-electron chi connectivity index (χ1n) is 10.4. The monoisotopic (exact) mass is 390 g/mol. The summed E-state index contributed by atoms with van der Waals surface area (Å²) in [6.45, 7) is 6.27. The Labute approximate surface area is 174 Å². The van der Waals surface area contributed by atoms with Gasteiger partial charge in [-0.15, -0.1) is 0 Å². The number of benzene rings is 2. The number of carbonyl (C=O) groups is 1. The standard InChI is InChI=1S/C25H30N2O2/c1-25(2,3)29-24(28)27(18-19-9-5-4-6-10-19)22-15-13-20(14-16-22)23-12-8-7-11-21(23)17-26/h4-12,20,22H,13-16,18H2,1-3H3. The number of nitriles is 1. The van der Waals surface area contributed by atoms with E-state index in [1.54, 1.807) is 0 Å². The van der Waals surface area contributed by atoms with Gasteiger partial charge in [0.25, 0.3) is 0 Å². The molecule has 1 aliphatic rings. The van der Waals surface area contributed by atoms with Crippen molar-refractivity contribution in [1.29, 1.82) is 5.26 Å². The average molecular weight is 391 g/mol. The maximum Gasteiger partial charge on any atom is 0.410 e. The predicted octanol–water partition coefficient (Wildman–Crippen LogP) is 6.02. The van der Waals surface area contributed by atoms with Gasteiger partial charge in [0.05, 0.1) is 11.6 Å². The van der Waals surface area contributed by atoms with Crippen molar-refractivity contribution in [2.45, 2.75) is 70.6 Å². The minimum Gasteiger partial charge on any atom is -0.444 e. The molecule has 3 rings (SSSR count). The molecule has 0 radical (unpaired) electrons. The third-order valence-corrected chi connectivity index (χ3v) is 5.48. The first kappa shape index (κ1) is 20.9. The van der Waals surface area contributed by atoms with E-state index < -0.39 is 5.60 Å². The van der Waals surface area contributed by atoms with Gasteiger partial charge < -0.3 is 9.64 Å². The van der Waals surface area contributed by atoms with Gasteiger partial charge in [0, 0.05) is 12.6 Å². The summed E-state index contributed by atoms with van der Waals surface area (Å²) in [6.07, 6.45) is 3.52. The molecule has 0 spiro atoms. The molecule has 4 nitrogen and oxygen atoms in total. The molecule has 2 aromatic rings. The molecule has 29 heavy (non-hydrogen) atoms. The van der Waals surface area contributed by atoms with Crippen molar-refractivity contribution < 1.29 is 9.53 Å². The van der Waals surface area contributed by atoms with Crippen LogP contribution in [0.3, 0.4) is 0 Å². The Morgan fingerprint density at radius 1 is 1.03 bits per heavy atom. The molecular formula is C25H30N2O2. The molecule has 2 aromatic carbocycles. The van der Waals surface area contributed by atoms with Gasteiger partial charge in [0.2, 0.25) is 0 Å². The third-order valence-electron chi connectivity index (χ3n) is 5.48. The number of hydrogen-bond donors (Lipinski definition) is 0. The van der Waals surface area contributed by atoms with E-state index in [1.165, 1.54) is 0 Å². The lowest BCUT2D eigenvalue weighted by molar-refractivity contribution is 0.00921. The van der Waals surface area contributed by atoms with Crippen LogP contribution in [0.25, 0.3) is 0 Å². The highest BCUT2D eigenvalue weighted by Gasteiger charge is 2.32. The Kier molecular flexibility index (Phi) is 6.59. The molecule has 1 fully saturated rings. The van der Waals surface area contributed by atoms with Crippen LogP contribution >= 0.6 is 0 Å². The summed E-state index contributed by atoms with van der Waals surface area (Å²) in [5.74, 6) is 0.374. The fraction of sp³-hybridized carbons (Fsp3) is 0.440. The summed E-state index contributed by atoms with van der Waals surface area (Å²) in [6, 6.07) is 20.4. The van der Waals surface area contributed by atoms with E-state index in [4.69, 9.17) is 4.74 Å². The highest BCUT2D eigenvalue weighted by Crippen LogP contribution is 2.37. The second kappa shape index (κ2) is 9.13. The van der Waals surface area contributed by atoms with Crippen molar-refractivity contribution in [3.05, 3.63) is 71.3 Å². The van der Waals surface area contributed by atoms with Crippen LogP contribution in [0.2, 0.25) is 0 Å². The van der Waals surface area contributed by atoms with E-state index in [9.17, 15) is 10.1 Å². The zero-order valence-electron chi connectivity index (χ0n) is 17.6. The minimum atomic E-state index is -0.519. The van der Waals surface area contributed by atoms with E-state index >= 15 is 0 Å². The number of carbonyl (C=O) groups excluding carboxylic acids is 1. The van der Waals surface area contributed by atoms with E-state index in [-0.39, 0.29) is 12.1 Å². The lowest BCUT2D eigenvalue weighted by Gasteiger charge is -2.38. The molecule has 0 heterocycles. The number of rotatable bonds is 4. The van der Waals surface area contributed by atoms with E-state index in [0.717, 1.165) is 42.4 Å². The van der Waals surface area contributed by atoms with Crippen molar-refractivity contribution in [3.63, 3.8) is 0 Å².